The number of benzene rings is 1. The van der Waals surface area contributed by atoms with Crippen molar-refractivity contribution in [1.82, 2.24) is 4.90 Å². The molecular weight excluding hydrogens is 352 g/mol. The molecule has 1 N–H and O–H groups in total. The van der Waals surface area contributed by atoms with Crippen LogP contribution in [0.15, 0.2) is 18.2 Å². The summed E-state index contributed by atoms with van der Waals surface area (Å²) in [4.78, 5) is 13.9. The Morgan fingerprint density at radius 1 is 1.53 bits per heavy atom. The smallest absolute Gasteiger partial charge is 0.257 e. The largest absolute Gasteiger partial charge is 0.507 e. The standard InChI is InChI=1S/C12H15ClINO2/c1-2-15(7-3-6-13)12(17)10-8-9(14)4-5-11(10)16/h4-5,8,16H,2-3,6-7H2,1H3. The van der Waals surface area contributed by atoms with E-state index >= 15 is 0 Å². The van der Waals surface area contributed by atoms with Gasteiger partial charge in [0.05, 0.1) is 5.56 Å². The predicted molar refractivity (Wildman–Crippen MR) is 77.7 cm³/mol. The van der Waals surface area contributed by atoms with Crippen molar-refractivity contribution in [3.05, 3.63) is 27.3 Å². The van der Waals surface area contributed by atoms with E-state index in [0.717, 1.165) is 9.99 Å². The highest BCUT2D eigenvalue weighted by Gasteiger charge is 2.17. The zero-order valence-electron chi connectivity index (χ0n) is 9.62. The van der Waals surface area contributed by atoms with Crippen LogP contribution in [0.3, 0.4) is 0 Å². The topological polar surface area (TPSA) is 40.5 Å². The average molecular weight is 368 g/mol. The Balaban J connectivity index is 2.89. The van der Waals surface area contributed by atoms with Crippen molar-refractivity contribution < 1.29 is 9.90 Å². The van der Waals surface area contributed by atoms with Gasteiger partial charge in [-0.25, -0.2) is 0 Å². The van der Waals surface area contributed by atoms with Gasteiger partial charge in [0.2, 0.25) is 0 Å². The van der Waals surface area contributed by atoms with Crippen molar-refractivity contribution in [2.24, 2.45) is 0 Å². The van der Waals surface area contributed by atoms with Crippen LogP contribution in [0.5, 0.6) is 5.75 Å². The molecule has 0 aliphatic carbocycles. The average Bonchev–Trinajstić information content (AvgIpc) is 2.33. The van der Waals surface area contributed by atoms with E-state index in [9.17, 15) is 9.90 Å². The summed E-state index contributed by atoms with van der Waals surface area (Å²) in [5.74, 6) is 0.413. The molecule has 0 aromatic heterocycles. The predicted octanol–water partition coefficient (Wildman–Crippen LogP) is 3.09. The number of phenols is 1. The number of amides is 1. The molecule has 0 bridgehead atoms. The molecule has 0 fully saturated rings. The van der Waals surface area contributed by atoms with Crippen molar-refractivity contribution in [1.29, 1.82) is 0 Å². The van der Waals surface area contributed by atoms with Crippen molar-refractivity contribution in [3.63, 3.8) is 0 Å². The van der Waals surface area contributed by atoms with Crippen LogP contribution in [0.4, 0.5) is 0 Å². The molecule has 0 heterocycles. The molecule has 3 nitrogen and oxygen atoms in total. The molecule has 0 aliphatic rings. The zero-order valence-corrected chi connectivity index (χ0v) is 12.5. The summed E-state index contributed by atoms with van der Waals surface area (Å²) < 4.78 is 0.928. The highest BCUT2D eigenvalue weighted by molar-refractivity contribution is 14.1. The molecule has 1 amide bonds. The molecule has 1 rings (SSSR count). The van der Waals surface area contributed by atoms with Gasteiger partial charge >= 0.3 is 0 Å². The van der Waals surface area contributed by atoms with E-state index in [2.05, 4.69) is 22.6 Å². The lowest BCUT2D eigenvalue weighted by Gasteiger charge is -2.21. The molecule has 0 radical (unpaired) electrons. The zero-order chi connectivity index (χ0) is 12.8. The summed E-state index contributed by atoms with van der Waals surface area (Å²) in [7, 11) is 0. The van der Waals surface area contributed by atoms with Gasteiger partial charge in [0.15, 0.2) is 0 Å². The van der Waals surface area contributed by atoms with Gasteiger partial charge in [0.1, 0.15) is 5.75 Å². The molecule has 1 aromatic carbocycles. The van der Waals surface area contributed by atoms with Crippen LogP contribution in [0.2, 0.25) is 0 Å². The van der Waals surface area contributed by atoms with Gasteiger partial charge < -0.3 is 10.0 Å². The molecular formula is C12H15ClINO2. The van der Waals surface area contributed by atoms with Gasteiger partial charge in [0.25, 0.3) is 5.91 Å². The van der Waals surface area contributed by atoms with Crippen LogP contribution in [0, 0.1) is 3.57 Å². The molecule has 17 heavy (non-hydrogen) atoms. The first-order valence-electron chi connectivity index (χ1n) is 5.44. The molecule has 94 valence electrons. The maximum Gasteiger partial charge on any atom is 0.257 e. The number of rotatable bonds is 5. The van der Waals surface area contributed by atoms with E-state index in [1.165, 1.54) is 0 Å². The summed E-state index contributed by atoms with van der Waals surface area (Å²) in [5.41, 5.74) is 0.355. The number of halogens is 2. The summed E-state index contributed by atoms with van der Waals surface area (Å²) in [6, 6.07) is 5.01. The Kier molecular flexibility index (Phi) is 6.05. The Labute approximate surface area is 120 Å². The first-order chi connectivity index (χ1) is 8.10. The number of carbonyl (C=O) groups excluding carboxylic acids is 1. The third-order valence-corrected chi connectivity index (χ3v) is 3.36. The van der Waals surface area contributed by atoms with Gasteiger partial charge in [-0.15, -0.1) is 11.6 Å². The van der Waals surface area contributed by atoms with Crippen molar-refractivity contribution in [3.8, 4) is 5.75 Å². The third kappa shape index (κ3) is 4.03. The number of aromatic hydroxyl groups is 1. The number of hydrogen-bond acceptors (Lipinski definition) is 2. The van der Waals surface area contributed by atoms with E-state index in [1.54, 1.807) is 23.1 Å². The minimum Gasteiger partial charge on any atom is -0.507 e. The highest BCUT2D eigenvalue weighted by Crippen LogP contribution is 2.21. The third-order valence-electron chi connectivity index (χ3n) is 2.42. The van der Waals surface area contributed by atoms with Crippen LogP contribution in [-0.4, -0.2) is 34.9 Å². The molecule has 5 heteroatoms. The van der Waals surface area contributed by atoms with Gasteiger partial charge in [-0.05, 0) is 54.1 Å². The summed E-state index contributed by atoms with van der Waals surface area (Å²) in [6.45, 7) is 3.14. The number of nitrogens with zero attached hydrogens (tertiary/aromatic N) is 1. The number of alkyl halides is 1. The summed E-state index contributed by atoms with van der Waals surface area (Å²) >= 11 is 7.74. The first kappa shape index (κ1) is 14.6. The maximum atomic E-state index is 12.2. The van der Waals surface area contributed by atoms with Crippen LogP contribution in [0.25, 0.3) is 0 Å². The van der Waals surface area contributed by atoms with Gasteiger partial charge in [-0.2, -0.15) is 0 Å². The Morgan fingerprint density at radius 3 is 2.82 bits per heavy atom. The van der Waals surface area contributed by atoms with Crippen LogP contribution in [-0.2, 0) is 0 Å². The second kappa shape index (κ2) is 7.06. The van der Waals surface area contributed by atoms with E-state index < -0.39 is 0 Å². The maximum absolute atomic E-state index is 12.2. The molecule has 0 unspecified atom stereocenters. The normalized spacial score (nSPS) is 10.3. The minimum atomic E-state index is -0.145. The van der Waals surface area contributed by atoms with Crippen LogP contribution < -0.4 is 0 Å². The van der Waals surface area contributed by atoms with Crippen LogP contribution >= 0.6 is 34.2 Å². The Bertz CT molecular complexity index is 398. The number of carbonyl (C=O) groups is 1. The molecule has 0 saturated heterocycles. The molecule has 0 aliphatic heterocycles. The quantitative estimate of drug-likeness (QED) is 0.642. The van der Waals surface area contributed by atoms with E-state index in [4.69, 9.17) is 11.6 Å². The van der Waals surface area contributed by atoms with Gasteiger partial charge in [-0.1, -0.05) is 0 Å². The molecule has 1 aromatic rings. The van der Waals surface area contributed by atoms with Gasteiger partial charge in [-0.3, -0.25) is 4.79 Å². The van der Waals surface area contributed by atoms with E-state index in [-0.39, 0.29) is 11.7 Å². The Morgan fingerprint density at radius 2 is 2.24 bits per heavy atom. The lowest BCUT2D eigenvalue weighted by molar-refractivity contribution is 0.0762. The first-order valence-corrected chi connectivity index (χ1v) is 7.05. The van der Waals surface area contributed by atoms with Crippen molar-refractivity contribution in [2.75, 3.05) is 19.0 Å². The second-order valence-corrected chi connectivity index (χ2v) is 5.21. The highest BCUT2D eigenvalue weighted by atomic mass is 127. The molecule has 0 spiro atoms. The number of phenolic OH excluding ortho intramolecular Hbond substituents is 1. The number of hydrogen-bond donors (Lipinski definition) is 1. The van der Waals surface area contributed by atoms with E-state index in [0.29, 0.717) is 24.5 Å². The van der Waals surface area contributed by atoms with Crippen molar-refractivity contribution >= 4 is 40.1 Å². The minimum absolute atomic E-state index is 0.0275. The molecule has 0 atom stereocenters. The fourth-order valence-corrected chi connectivity index (χ4v) is 2.11. The van der Waals surface area contributed by atoms with E-state index in [1.807, 2.05) is 6.92 Å². The summed E-state index contributed by atoms with van der Waals surface area (Å²) in [5, 5.41) is 9.70. The lowest BCUT2D eigenvalue weighted by atomic mass is 10.1. The fourth-order valence-electron chi connectivity index (χ4n) is 1.50. The monoisotopic (exact) mass is 367 g/mol. The van der Waals surface area contributed by atoms with Gasteiger partial charge in [0, 0.05) is 22.5 Å². The fraction of sp³-hybridized carbons (Fsp3) is 0.417. The SMILES string of the molecule is CCN(CCCCl)C(=O)c1cc(I)ccc1O. The lowest BCUT2D eigenvalue weighted by Crippen LogP contribution is -2.32. The van der Waals surface area contributed by atoms with Crippen molar-refractivity contribution in [2.45, 2.75) is 13.3 Å². The Hall–Kier alpha value is -0.490. The molecule has 0 saturated carbocycles. The summed E-state index contributed by atoms with van der Waals surface area (Å²) in [6.07, 6.45) is 0.756. The van der Waals surface area contributed by atoms with Crippen LogP contribution in [0.1, 0.15) is 23.7 Å². The second-order valence-electron chi connectivity index (χ2n) is 3.59.